The maximum Gasteiger partial charge on any atom is 0.341 e. The van der Waals surface area contributed by atoms with Gasteiger partial charge in [-0.2, -0.15) is 0 Å². The number of esters is 1. The van der Waals surface area contributed by atoms with Gasteiger partial charge in [-0.1, -0.05) is 12.1 Å². The predicted octanol–water partition coefficient (Wildman–Crippen LogP) is 4.02. The molecule has 0 saturated heterocycles. The summed E-state index contributed by atoms with van der Waals surface area (Å²) >= 11 is 2.43. The summed E-state index contributed by atoms with van der Waals surface area (Å²) in [5, 5.41) is 3.18. The number of anilines is 1. The number of hydrogen-bond donors (Lipinski definition) is 1. The van der Waals surface area contributed by atoms with Crippen LogP contribution >= 0.6 is 23.1 Å². The Kier molecular flexibility index (Phi) is 5.79. The quantitative estimate of drug-likeness (QED) is 0.651. The fourth-order valence-electron chi connectivity index (χ4n) is 1.93. The lowest BCUT2D eigenvalue weighted by Gasteiger charge is -2.06. The minimum atomic E-state index is -0.482. The number of thioether (sulfide) groups is 1. The minimum absolute atomic E-state index is 0.0531. The van der Waals surface area contributed by atoms with Crippen LogP contribution in [0.4, 0.5) is 9.39 Å². The highest BCUT2D eigenvalue weighted by Crippen LogP contribution is 2.33. The van der Waals surface area contributed by atoms with Crippen molar-refractivity contribution in [3.8, 4) is 0 Å². The van der Waals surface area contributed by atoms with Crippen molar-refractivity contribution in [1.29, 1.82) is 0 Å². The van der Waals surface area contributed by atoms with Gasteiger partial charge in [-0.25, -0.2) is 9.18 Å². The Balaban J connectivity index is 2.08. The molecular formula is C16H16FNO3S2. The second kappa shape index (κ2) is 7.61. The molecule has 0 unspecified atom stereocenters. The Morgan fingerprint density at radius 2 is 2.00 bits per heavy atom. The van der Waals surface area contributed by atoms with Crippen LogP contribution in [0.2, 0.25) is 0 Å². The van der Waals surface area contributed by atoms with Crippen molar-refractivity contribution >= 4 is 40.0 Å². The molecule has 0 aliphatic carbocycles. The molecule has 1 aromatic heterocycles. The van der Waals surface area contributed by atoms with E-state index in [1.165, 1.54) is 24.5 Å². The zero-order valence-corrected chi connectivity index (χ0v) is 14.6. The third-order valence-corrected chi connectivity index (χ3v) is 5.39. The average molecular weight is 353 g/mol. The zero-order valence-electron chi connectivity index (χ0n) is 12.9. The van der Waals surface area contributed by atoms with Gasteiger partial charge in [0.05, 0.1) is 18.4 Å². The highest BCUT2D eigenvalue weighted by Gasteiger charge is 2.21. The Morgan fingerprint density at radius 1 is 1.30 bits per heavy atom. The number of carbonyl (C=O) groups is 2. The van der Waals surface area contributed by atoms with Gasteiger partial charge in [0.15, 0.2) is 0 Å². The van der Waals surface area contributed by atoms with Gasteiger partial charge in [0.1, 0.15) is 10.8 Å². The van der Waals surface area contributed by atoms with E-state index in [1.807, 2.05) is 13.8 Å². The molecule has 0 radical (unpaired) electrons. The van der Waals surface area contributed by atoms with Gasteiger partial charge in [-0.3, -0.25) is 4.79 Å². The first kappa shape index (κ1) is 17.5. The molecule has 2 rings (SSSR count). The number of halogens is 1. The first-order chi connectivity index (χ1) is 10.9. The van der Waals surface area contributed by atoms with E-state index in [9.17, 15) is 14.0 Å². The monoisotopic (exact) mass is 353 g/mol. The smallest absolute Gasteiger partial charge is 0.341 e. The van der Waals surface area contributed by atoms with Crippen LogP contribution < -0.4 is 5.32 Å². The number of aryl methyl sites for hydroxylation is 1. The summed E-state index contributed by atoms with van der Waals surface area (Å²) in [5.74, 6) is -1.09. The van der Waals surface area contributed by atoms with Crippen LogP contribution in [-0.2, 0) is 9.53 Å². The molecule has 4 nitrogen and oxygen atoms in total. The van der Waals surface area contributed by atoms with E-state index in [4.69, 9.17) is 4.74 Å². The molecular weight excluding hydrogens is 337 g/mol. The number of thiophene rings is 1. The number of carbonyl (C=O) groups excluding carboxylic acids is 2. The molecule has 1 amide bonds. The van der Waals surface area contributed by atoms with Gasteiger partial charge in [0.25, 0.3) is 0 Å². The van der Waals surface area contributed by atoms with Gasteiger partial charge in [0.2, 0.25) is 5.91 Å². The topological polar surface area (TPSA) is 55.4 Å². The lowest BCUT2D eigenvalue weighted by atomic mass is 10.1. The number of benzene rings is 1. The van der Waals surface area contributed by atoms with Gasteiger partial charge in [-0.05, 0) is 31.5 Å². The molecule has 23 heavy (non-hydrogen) atoms. The molecule has 2 aromatic rings. The molecule has 122 valence electrons. The third-order valence-electron chi connectivity index (χ3n) is 3.22. The molecule has 0 spiro atoms. The maximum absolute atomic E-state index is 13.5. The fourth-order valence-corrected chi connectivity index (χ4v) is 3.73. The van der Waals surface area contributed by atoms with Gasteiger partial charge in [0, 0.05) is 9.77 Å². The largest absolute Gasteiger partial charge is 0.465 e. The van der Waals surface area contributed by atoms with E-state index in [1.54, 1.807) is 18.2 Å². The lowest BCUT2D eigenvalue weighted by Crippen LogP contribution is -2.16. The van der Waals surface area contributed by atoms with E-state index in [-0.39, 0.29) is 17.5 Å². The molecule has 1 aromatic carbocycles. The maximum atomic E-state index is 13.5. The highest BCUT2D eigenvalue weighted by molar-refractivity contribution is 8.00. The van der Waals surface area contributed by atoms with Gasteiger partial charge >= 0.3 is 5.97 Å². The fraction of sp³-hybridized carbons (Fsp3) is 0.250. The zero-order chi connectivity index (χ0) is 17.0. The van der Waals surface area contributed by atoms with Crippen LogP contribution in [0.25, 0.3) is 0 Å². The normalized spacial score (nSPS) is 10.4. The molecule has 0 saturated carbocycles. The molecule has 1 N–H and O–H groups in total. The third kappa shape index (κ3) is 4.11. The number of methoxy groups -OCH3 is 1. The Hall–Kier alpha value is -1.86. The van der Waals surface area contributed by atoms with Crippen molar-refractivity contribution < 1.29 is 18.7 Å². The molecule has 0 atom stereocenters. The SMILES string of the molecule is COC(=O)c1c(NC(=O)CSc2ccccc2F)sc(C)c1C. The molecule has 7 heteroatoms. The Labute approximate surface area is 142 Å². The number of nitrogens with one attached hydrogen (secondary N) is 1. The minimum Gasteiger partial charge on any atom is -0.465 e. The molecule has 0 aliphatic rings. The van der Waals surface area contributed by atoms with Crippen LogP contribution in [-0.4, -0.2) is 24.7 Å². The lowest BCUT2D eigenvalue weighted by molar-refractivity contribution is -0.113. The molecule has 0 fully saturated rings. The van der Waals surface area contributed by atoms with Crippen LogP contribution in [0.5, 0.6) is 0 Å². The molecule has 0 aliphatic heterocycles. The highest BCUT2D eigenvalue weighted by atomic mass is 32.2. The van der Waals surface area contributed by atoms with Crippen molar-refractivity contribution in [2.75, 3.05) is 18.2 Å². The summed E-state index contributed by atoms with van der Waals surface area (Å²) in [7, 11) is 1.30. The van der Waals surface area contributed by atoms with Crippen molar-refractivity contribution in [1.82, 2.24) is 0 Å². The van der Waals surface area contributed by atoms with Gasteiger partial charge in [-0.15, -0.1) is 23.1 Å². The Morgan fingerprint density at radius 3 is 2.65 bits per heavy atom. The predicted molar refractivity (Wildman–Crippen MR) is 90.9 cm³/mol. The number of ether oxygens (including phenoxy) is 1. The summed E-state index contributed by atoms with van der Waals surface area (Å²) < 4.78 is 18.3. The van der Waals surface area contributed by atoms with E-state index in [0.717, 1.165) is 22.2 Å². The summed E-state index contributed by atoms with van der Waals surface area (Å²) in [4.78, 5) is 25.3. The number of rotatable bonds is 5. The summed E-state index contributed by atoms with van der Waals surface area (Å²) in [5.41, 5.74) is 1.16. The standard InChI is InChI=1S/C16H16FNO3S2/c1-9-10(2)23-15(14(9)16(20)21-3)18-13(19)8-22-12-7-5-4-6-11(12)17/h4-7H,8H2,1-3H3,(H,18,19). The van der Waals surface area contributed by atoms with Crippen LogP contribution in [0.3, 0.4) is 0 Å². The van der Waals surface area contributed by atoms with Crippen LogP contribution in [0.15, 0.2) is 29.2 Å². The van der Waals surface area contributed by atoms with Crippen LogP contribution in [0.1, 0.15) is 20.8 Å². The van der Waals surface area contributed by atoms with E-state index < -0.39 is 5.97 Å². The van der Waals surface area contributed by atoms with Crippen molar-refractivity contribution in [3.05, 3.63) is 46.1 Å². The van der Waals surface area contributed by atoms with E-state index in [2.05, 4.69) is 5.32 Å². The second-order valence-corrected chi connectivity index (χ2v) is 6.99. The van der Waals surface area contributed by atoms with E-state index >= 15 is 0 Å². The van der Waals surface area contributed by atoms with Crippen LogP contribution in [0, 0.1) is 19.7 Å². The first-order valence-electron chi connectivity index (χ1n) is 6.79. The number of hydrogen-bond acceptors (Lipinski definition) is 5. The summed E-state index contributed by atoms with van der Waals surface area (Å²) in [6.45, 7) is 3.68. The Bertz CT molecular complexity index is 743. The van der Waals surface area contributed by atoms with Crippen molar-refractivity contribution in [2.24, 2.45) is 0 Å². The number of amides is 1. The van der Waals surface area contributed by atoms with Crippen molar-refractivity contribution in [2.45, 2.75) is 18.7 Å². The van der Waals surface area contributed by atoms with Gasteiger partial charge < -0.3 is 10.1 Å². The molecule has 1 heterocycles. The second-order valence-electron chi connectivity index (χ2n) is 4.75. The van der Waals surface area contributed by atoms with E-state index in [0.29, 0.717) is 15.5 Å². The summed E-state index contributed by atoms with van der Waals surface area (Å²) in [6, 6.07) is 6.28. The first-order valence-corrected chi connectivity index (χ1v) is 8.59. The molecule has 0 bridgehead atoms. The summed E-state index contributed by atoms with van der Waals surface area (Å²) in [6.07, 6.45) is 0. The average Bonchev–Trinajstić information content (AvgIpc) is 2.80. The van der Waals surface area contributed by atoms with Crippen molar-refractivity contribution in [3.63, 3.8) is 0 Å².